The molecule has 0 aliphatic heterocycles. The Kier molecular flexibility index (Phi) is 5.97. The van der Waals surface area contributed by atoms with Crippen molar-refractivity contribution >= 4 is 30.0 Å². The summed E-state index contributed by atoms with van der Waals surface area (Å²) in [4.78, 5) is 35.1. The van der Waals surface area contributed by atoms with Gasteiger partial charge in [-0.1, -0.05) is 0 Å². The van der Waals surface area contributed by atoms with E-state index in [1.807, 2.05) is 0 Å². The minimum atomic E-state index is -1.12. The molecule has 10 heteroatoms. The van der Waals surface area contributed by atoms with Crippen molar-refractivity contribution in [2.24, 2.45) is 0 Å². The largest absolute Gasteiger partial charge is 0.480 e. The van der Waals surface area contributed by atoms with Crippen molar-refractivity contribution in [1.29, 1.82) is 0 Å². The van der Waals surface area contributed by atoms with Crippen molar-refractivity contribution in [2.75, 3.05) is 11.5 Å². The van der Waals surface area contributed by atoms with Crippen LogP contribution in [-0.4, -0.2) is 49.5 Å². The van der Waals surface area contributed by atoms with Gasteiger partial charge >= 0.3 is 11.8 Å². The molecule has 0 aliphatic rings. The maximum absolute atomic E-state index is 10.8. The number of aryl methyl sites for hydroxylation is 1. The fourth-order valence-electron chi connectivity index (χ4n) is 1.51. The number of hydrogen-bond acceptors (Lipinski definition) is 6. The fraction of sp³-hybridized carbons (Fsp3) is 0.500. The molecule has 1 rings (SSSR count). The number of carboxylic acid groups (broad SMARTS) is 1. The predicted molar refractivity (Wildman–Crippen MR) is 71.6 cm³/mol. The lowest BCUT2D eigenvalue weighted by Crippen LogP contribution is -2.38. The Balaban J connectivity index is 2.48. The number of carbonyl (C=O) groups is 2. The highest BCUT2D eigenvalue weighted by Crippen LogP contribution is 2.15. The van der Waals surface area contributed by atoms with E-state index in [0.717, 1.165) is 0 Å². The van der Waals surface area contributed by atoms with Gasteiger partial charge in [0, 0.05) is 18.4 Å². The van der Waals surface area contributed by atoms with Crippen LogP contribution in [-0.2, 0) is 16.1 Å². The van der Waals surface area contributed by atoms with Gasteiger partial charge in [0.15, 0.2) is 5.82 Å². The Morgan fingerprint density at radius 2 is 2.45 bits per heavy atom. The number of imidazole rings is 1. The minimum Gasteiger partial charge on any atom is -0.480 e. The first-order valence-electron chi connectivity index (χ1n) is 5.64. The second-order valence-electron chi connectivity index (χ2n) is 3.82. The average molecular weight is 302 g/mol. The second kappa shape index (κ2) is 7.48. The molecular weight excluding hydrogens is 288 g/mol. The van der Waals surface area contributed by atoms with Gasteiger partial charge in [0.25, 0.3) is 0 Å². The lowest BCUT2D eigenvalue weighted by atomic mass is 10.3. The SMILES string of the molecule is Cc1ncc([N+](=O)[O-])n1CCSCC(NC=O)C(=O)O. The van der Waals surface area contributed by atoms with Gasteiger partial charge in [-0.25, -0.2) is 14.3 Å². The molecule has 0 fully saturated rings. The zero-order valence-corrected chi connectivity index (χ0v) is 11.5. The first kappa shape index (κ1) is 16.0. The Hall–Kier alpha value is -2.10. The molecule has 0 saturated carbocycles. The molecule has 1 aromatic rings. The molecule has 0 aliphatic carbocycles. The van der Waals surface area contributed by atoms with Gasteiger partial charge in [0.2, 0.25) is 6.41 Å². The minimum absolute atomic E-state index is 0.0936. The first-order valence-corrected chi connectivity index (χ1v) is 6.79. The van der Waals surface area contributed by atoms with Crippen LogP contribution in [0.15, 0.2) is 6.20 Å². The molecule has 1 atom stereocenters. The van der Waals surface area contributed by atoms with Crippen molar-refractivity contribution in [3.05, 3.63) is 22.1 Å². The Morgan fingerprint density at radius 3 is 3.00 bits per heavy atom. The van der Waals surface area contributed by atoms with Crippen LogP contribution < -0.4 is 5.32 Å². The molecule has 1 amide bonds. The van der Waals surface area contributed by atoms with Crippen molar-refractivity contribution in [3.8, 4) is 0 Å². The molecule has 0 radical (unpaired) electrons. The van der Waals surface area contributed by atoms with E-state index < -0.39 is 16.9 Å². The molecule has 20 heavy (non-hydrogen) atoms. The molecule has 2 N–H and O–H groups in total. The monoisotopic (exact) mass is 302 g/mol. The van der Waals surface area contributed by atoms with Crippen LogP contribution >= 0.6 is 11.8 Å². The van der Waals surface area contributed by atoms with E-state index in [2.05, 4.69) is 10.3 Å². The smallest absolute Gasteiger partial charge is 0.342 e. The standard InChI is InChI=1S/C10H14N4O5S/c1-7-11-4-9(14(18)19)13(7)2-3-20-5-8(10(16)17)12-6-15/h4,6,8H,2-3,5H2,1H3,(H,12,15)(H,16,17). The van der Waals surface area contributed by atoms with Gasteiger partial charge in [-0.3, -0.25) is 4.79 Å². The number of carbonyl (C=O) groups excluding carboxylic acids is 1. The number of rotatable bonds is 9. The number of aliphatic carboxylic acids is 1. The van der Waals surface area contributed by atoms with Gasteiger partial charge < -0.3 is 20.5 Å². The number of hydrogen-bond donors (Lipinski definition) is 2. The van der Waals surface area contributed by atoms with Gasteiger partial charge in [0.1, 0.15) is 18.8 Å². The number of nitrogens with one attached hydrogen (secondary N) is 1. The summed E-state index contributed by atoms with van der Waals surface area (Å²) >= 11 is 1.28. The van der Waals surface area contributed by atoms with Gasteiger partial charge in [-0.2, -0.15) is 11.8 Å². The van der Waals surface area contributed by atoms with Crippen LogP contribution in [0.4, 0.5) is 5.82 Å². The molecule has 0 spiro atoms. The third-order valence-corrected chi connectivity index (χ3v) is 3.57. The number of amides is 1. The maximum atomic E-state index is 10.8. The topological polar surface area (TPSA) is 127 Å². The molecule has 0 bridgehead atoms. The summed E-state index contributed by atoms with van der Waals surface area (Å²) in [7, 11) is 0. The van der Waals surface area contributed by atoms with Crippen LogP contribution in [0.5, 0.6) is 0 Å². The van der Waals surface area contributed by atoms with Gasteiger partial charge in [0.05, 0.1) is 0 Å². The maximum Gasteiger partial charge on any atom is 0.342 e. The molecule has 1 unspecified atom stereocenters. The first-order chi connectivity index (χ1) is 9.47. The molecule has 110 valence electrons. The van der Waals surface area contributed by atoms with E-state index in [9.17, 15) is 19.7 Å². The second-order valence-corrected chi connectivity index (χ2v) is 4.97. The van der Waals surface area contributed by atoms with Crippen molar-refractivity contribution in [2.45, 2.75) is 19.5 Å². The molecular formula is C10H14N4O5S. The van der Waals surface area contributed by atoms with Crippen molar-refractivity contribution < 1.29 is 19.6 Å². The Morgan fingerprint density at radius 1 is 1.75 bits per heavy atom. The van der Waals surface area contributed by atoms with Crippen LogP contribution in [0, 0.1) is 17.0 Å². The molecule has 1 heterocycles. The summed E-state index contributed by atoms with van der Waals surface area (Å²) in [5.74, 6) is -0.0192. The van der Waals surface area contributed by atoms with Crippen molar-refractivity contribution in [3.63, 3.8) is 0 Å². The zero-order chi connectivity index (χ0) is 15.1. The lowest BCUT2D eigenvalue weighted by Gasteiger charge is -2.10. The van der Waals surface area contributed by atoms with E-state index in [4.69, 9.17) is 5.11 Å². The van der Waals surface area contributed by atoms with Crippen LogP contribution in [0.25, 0.3) is 0 Å². The van der Waals surface area contributed by atoms with Crippen LogP contribution in [0.2, 0.25) is 0 Å². The summed E-state index contributed by atoms with van der Waals surface area (Å²) in [5, 5.41) is 21.8. The molecule has 9 nitrogen and oxygen atoms in total. The lowest BCUT2D eigenvalue weighted by molar-refractivity contribution is -0.392. The quantitative estimate of drug-likeness (QED) is 0.285. The van der Waals surface area contributed by atoms with Gasteiger partial charge in [-0.05, 0) is 4.92 Å². The Labute approximate surface area is 118 Å². The average Bonchev–Trinajstić information content (AvgIpc) is 2.74. The summed E-state index contributed by atoms with van der Waals surface area (Å²) in [6, 6.07) is -0.962. The predicted octanol–water partition coefficient (Wildman–Crippen LogP) is 0.0321. The number of nitro groups is 1. The van der Waals surface area contributed by atoms with Crippen LogP contribution in [0.1, 0.15) is 5.82 Å². The normalized spacial score (nSPS) is 11.8. The highest BCUT2D eigenvalue weighted by molar-refractivity contribution is 7.99. The van der Waals surface area contributed by atoms with E-state index in [1.165, 1.54) is 22.5 Å². The molecule has 0 aromatic carbocycles. The molecule has 0 saturated heterocycles. The third kappa shape index (κ3) is 4.23. The number of carboxylic acids is 1. The number of thioether (sulfide) groups is 1. The van der Waals surface area contributed by atoms with Crippen molar-refractivity contribution in [1.82, 2.24) is 14.9 Å². The van der Waals surface area contributed by atoms with Gasteiger partial charge in [-0.15, -0.1) is 0 Å². The van der Waals surface area contributed by atoms with E-state index >= 15 is 0 Å². The summed E-state index contributed by atoms with van der Waals surface area (Å²) < 4.78 is 1.45. The zero-order valence-electron chi connectivity index (χ0n) is 10.7. The highest BCUT2D eigenvalue weighted by Gasteiger charge is 2.18. The highest BCUT2D eigenvalue weighted by atomic mass is 32.2. The van der Waals surface area contributed by atoms with Crippen LogP contribution in [0.3, 0.4) is 0 Å². The fourth-order valence-corrected chi connectivity index (χ4v) is 2.46. The Bertz CT molecular complexity index is 504. The number of nitrogens with zero attached hydrogens (tertiary/aromatic N) is 3. The molecule has 1 aromatic heterocycles. The summed E-state index contributed by atoms with van der Waals surface area (Å²) in [6.07, 6.45) is 1.53. The summed E-state index contributed by atoms with van der Waals surface area (Å²) in [6.45, 7) is 2.01. The van der Waals surface area contributed by atoms with E-state index in [0.29, 0.717) is 24.5 Å². The third-order valence-electron chi connectivity index (χ3n) is 2.53. The number of aromatic nitrogens is 2. The van der Waals surface area contributed by atoms with E-state index in [1.54, 1.807) is 6.92 Å². The van der Waals surface area contributed by atoms with E-state index in [-0.39, 0.29) is 11.6 Å². The summed E-state index contributed by atoms with van der Waals surface area (Å²) in [5.41, 5.74) is 0.